The molecule has 230 valence electrons. The first-order valence-corrected chi connectivity index (χ1v) is 17.5. The fraction of sp³-hybridized carbons (Fsp3) is 0.632. The summed E-state index contributed by atoms with van der Waals surface area (Å²) in [5, 5.41) is 0. The van der Waals surface area contributed by atoms with Gasteiger partial charge in [0, 0.05) is 35.6 Å². The van der Waals surface area contributed by atoms with Crippen LogP contribution in [0.3, 0.4) is 0 Å². The second-order valence-electron chi connectivity index (χ2n) is 12.7. The molecule has 2 aliphatic heterocycles. The summed E-state index contributed by atoms with van der Waals surface area (Å²) in [6, 6.07) is 15.1. The average molecular weight is 573 g/mol. The molecule has 2 heterocycles. The Balaban J connectivity index is 1.44. The van der Waals surface area contributed by atoms with E-state index in [-0.39, 0.29) is 11.6 Å². The van der Waals surface area contributed by atoms with Gasteiger partial charge in [0.05, 0.1) is 0 Å². The zero-order valence-corrected chi connectivity index (χ0v) is 26.6. The number of rotatable bonds is 20. The number of benzene rings is 2. The monoisotopic (exact) mass is 572 g/mol. The molecule has 0 aromatic heterocycles. The Morgan fingerprint density at radius 2 is 0.762 bits per heavy atom. The zero-order valence-electron chi connectivity index (χ0n) is 26.6. The van der Waals surface area contributed by atoms with Gasteiger partial charge >= 0.3 is 0 Å². The third-order valence-corrected chi connectivity index (χ3v) is 9.47. The summed E-state index contributed by atoms with van der Waals surface area (Å²) in [5.74, 6) is 0.218. The molecule has 0 spiro atoms. The SMILES string of the molecule is CCCCCCCCCCCN1c2ccccc2C(=O)C2C1C(=O)c1ccccc1N2CCCCCCCCCCC. The predicted octanol–water partition coefficient (Wildman–Crippen LogP) is 10.2. The third-order valence-electron chi connectivity index (χ3n) is 9.47. The van der Waals surface area contributed by atoms with Crippen molar-refractivity contribution in [3.63, 3.8) is 0 Å². The molecule has 2 unspecified atom stereocenters. The number of unbranched alkanes of at least 4 members (excludes halogenated alkanes) is 16. The molecule has 0 saturated heterocycles. The Hall–Kier alpha value is -2.62. The molecule has 4 nitrogen and oxygen atoms in total. The van der Waals surface area contributed by atoms with Gasteiger partial charge in [-0.25, -0.2) is 0 Å². The molecular formula is C38H56N2O2. The van der Waals surface area contributed by atoms with Crippen LogP contribution in [0.15, 0.2) is 48.5 Å². The van der Waals surface area contributed by atoms with E-state index in [1.807, 2.05) is 36.4 Å². The minimum absolute atomic E-state index is 0.109. The lowest BCUT2D eigenvalue weighted by Gasteiger charge is -2.50. The molecule has 0 amide bonds. The first-order chi connectivity index (χ1) is 20.7. The van der Waals surface area contributed by atoms with Crippen molar-refractivity contribution in [3.05, 3.63) is 59.7 Å². The molecule has 2 aromatic rings. The van der Waals surface area contributed by atoms with Crippen molar-refractivity contribution in [3.8, 4) is 0 Å². The molecule has 4 heteroatoms. The van der Waals surface area contributed by atoms with E-state index in [2.05, 4.69) is 35.8 Å². The van der Waals surface area contributed by atoms with Crippen LogP contribution < -0.4 is 9.80 Å². The highest BCUT2D eigenvalue weighted by Gasteiger charge is 2.50. The fourth-order valence-electron chi connectivity index (χ4n) is 7.10. The topological polar surface area (TPSA) is 40.6 Å². The van der Waals surface area contributed by atoms with Crippen molar-refractivity contribution in [1.82, 2.24) is 0 Å². The Bertz CT molecular complexity index is 1020. The van der Waals surface area contributed by atoms with E-state index in [1.165, 1.54) is 103 Å². The smallest absolute Gasteiger partial charge is 0.189 e. The number of carbonyl (C=O) groups excluding carboxylic acids is 2. The quantitative estimate of drug-likeness (QED) is 0.148. The van der Waals surface area contributed by atoms with Gasteiger partial charge in [0.25, 0.3) is 0 Å². The zero-order chi connectivity index (χ0) is 29.6. The molecule has 0 radical (unpaired) electrons. The van der Waals surface area contributed by atoms with Crippen molar-refractivity contribution in [2.45, 2.75) is 142 Å². The van der Waals surface area contributed by atoms with E-state index in [9.17, 15) is 9.59 Å². The van der Waals surface area contributed by atoms with E-state index in [4.69, 9.17) is 0 Å². The number of Topliss-reactive ketones (excluding diaryl/α,β-unsaturated/α-hetero) is 2. The van der Waals surface area contributed by atoms with Crippen molar-refractivity contribution >= 4 is 22.9 Å². The first kappa shape index (κ1) is 32.3. The molecule has 42 heavy (non-hydrogen) atoms. The van der Waals surface area contributed by atoms with Crippen LogP contribution >= 0.6 is 0 Å². The largest absolute Gasteiger partial charge is 0.358 e. The highest BCUT2D eigenvalue weighted by Crippen LogP contribution is 2.41. The van der Waals surface area contributed by atoms with Crippen LogP contribution in [0.5, 0.6) is 0 Å². The molecular weight excluding hydrogens is 516 g/mol. The van der Waals surface area contributed by atoms with E-state index in [1.54, 1.807) is 0 Å². The molecule has 2 aliphatic rings. The summed E-state index contributed by atoms with van der Waals surface area (Å²) in [6.07, 6.45) is 22.9. The first-order valence-electron chi connectivity index (χ1n) is 17.5. The Labute approximate surface area is 256 Å². The van der Waals surface area contributed by atoms with Crippen LogP contribution in [-0.4, -0.2) is 36.7 Å². The van der Waals surface area contributed by atoms with Crippen molar-refractivity contribution in [1.29, 1.82) is 0 Å². The summed E-state index contributed by atoms with van der Waals surface area (Å²) in [7, 11) is 0. The van der Waals surface area contributed by atoms with Crippen molar-refractivity contribution in [2.75, 3.05) is 22.9 Å². The van der Waals surface area contributed by atoms with Gasteiger partial charge in [0.15, 0.2) is 11.6 Å². The average Bonchev–Trinajstić information content (AvgIpc) is 3.02. The molecule has 0 saturated carbocycles. The van der Waals surface area contributed by atoms with Crippen LogP contribution in [-0.2, 0) is 0 Å². The highest BCUT2D eigenvalue weighted by atomic mass is 16.1. The molecule has 4 rings (SSSR count). The number of hydrogen-bond acceptors (Lipinski definition) is 4. The van der Waals surface area contributed by atoms with Crippen molar-refractivity contribution < 1.29 is 9.59 Å². The van der Waals surface area contributed by atoms with Gasteiger partial charge in [-0.1, -0.05) is 141 Å². The van der Waals surface area contributed by atoms with Crippen molar-refractivity contribution in [2.24, 2.45) is 0 Å². The maximum absolute atomic E-state index is 14.1. The summed E-state index contributed by atoms with van der Waals surface area (Å²) in [4.78, 5) is 32.8. The van der Waals surface area contributed by atoms with Gasteiger partial charge in [-0.15, -0.1) is 0 Å². The minimum atomic E-state index is -0.449. The maximum atomic E-state index is 14.1. The number of fused-ring (bicyclic) bond motifs is 3. The van der Waals surface area contributed by atoms with Gasteiger partial charge in [0.1, 0.15) is 12.1 Å². The lowest BCUT2D eigenvalue weighted by Crippen LogP contribution is -2.65. The fourth-order valence-corrected chi connectivity index (χ4v) is 7.10. The van der Waals surface area contributed by atoms with Crippen LogP contribution in [0.4, 0.5) is 11.4 Å². The van der Waals surface area contributed by atoms with Crippen LogP contribution in [0.2, 0.25) is 0 Å². The second-order valence-corrected chi connectivity index (χ2v) is 12.7. The summed E-state index contributed by atoms with van der Waals surface area (Å²) < 4.78 is 0. The number of ketones is 2. The molecule has 2 aromatic carbocycles. The third kappa shape index (κ3) is 8.26. The van der Waals surface area contributed by atoms with Gasteiger partial charge in [0.2, 0.25) is 0 Å². The highest BCUT2D eigenvalue weighted by molar-refractivity contribution is 6.19. The van der Waals surface area contributed by atoms with Gasteiger partial charge in [-0.2, -0.15) is 0 Å². The van der Waals surface area contributed by atoms with E-state index >= 15 is 0 Å². The van der Waals surface area contributed by atoms with Gasteiger partial charge in [-0.05, 0) is 37.1 Å². The van der Waals surface area contributed by atoms with Gasteiger partial charge in [-0.3, -0.25) is 9.59 Å². The number of hydrogen-bond donors (Lipinski definition) is 0. The number of para-hydroxylation sites is 2. The standard InChI is InChI=1S/C38H56N2O2/c1-3-5-7-9-11-13-15-17-23-29-39-33-27-21-19-25-31(33)38(42)36-35(39)37(41)32-26-20-22-28-34(32)40(36)30-24-18-16-14-12-10-8-6-4-2/h19-22,25-28,35-36H,3-18,23-24,29-30H2,1-2H3. The van der Waals surface area contributed by atoms with E-state index in [0.717, 1.165) is 48.4 Å². The Kier molecular flexibility index (Phi) is 13.4. The molecule has 0 N–H and O–H groups in total. The number of nitrogens with zero attached hydrogens (tertiary/aromatic N) is 2. The summed E-state index contributed by atoms with van der Waals surface area (Å²) in [5.41, 5.74) is 3.44. The van der Waals surface area contributed by atoms with Crippen LogP contribution in [0.1, 0.15) is 150 Å². The number of carbonyl (C=O) groups is 2. The van der Waals surface area contributed by atoms with E-state index in [0.29, 0.717) is 0 Å². The summed E-state index contributed by atoms with van der Waals surface area (Å²) in [6.45, 7) is 6.17. The second kappa shape index (κ2) is 17.5. The lowest BCUT2D eigenvalue weighted by molar-refractivity contribution is 0.0840. The normalized spacial score (nSPS) is 17.8. The molecule has 0 fully saturated rings. The Morgan fingerprint density at radius 1 is 0.452 bits per heavy atom. The lowest BCUT2D eigenvalue weighted by atomic mass is 9.80. The van der Waals surface area contributed by atoms with Crippen LogP contribution in [0, 0.1) is 0 Å². The number of anilines is 2. The van der Waals surface area contributed by atoms with Crippen LogP contribution in [0.25, 0.3) is 0 Å². The van der Waals surface area contributed by atoms with E-state index < -0.39 is 12.1 Å². The predicted molar refractivity (Wildman–Crippen MR) is 178 cm³/mol. The molecule has 0 aliphatic carbocycles. The Morgan fingerprint density at radius 3 is 1.12 bits per heavy atom. The van der Waals surface area contributed by atoms with Gasteiger partial charge < -0.3 is 9.80 Å². The molecule has 2 atom stereocenters. The molecule has 0 bridgehead atoms. The minimum Gasteiger partial charge on any atom is -0.358 e. The maximum Gasteiger partial charge on any atom is 0.189 e. The summed E-state index contributed by atoms with van der Waals surface area (Å²) >= 11 is 0.